The molecule has 0 saturated carbocycles. The van der Waals surface area contributed by atoms with Crippen molar-refractivity contribution >= 4 is 0 Å². The van der Waals surface area contributed by atoms with E-state index in [4.69, 9.17) is 15.2 Å². The monoisotopic (exact) mass is 242 g/mol. The van der Waals surface area contributed by atoms with Gasteiger partial charge in [-0.3, -0.25) is 4.90 Å². The Morgan fingerprint density at radius 3 is 2.88 bits per heavy atom. The molecule has 2 aliphatic rings. The summed E-state index contributed by atoms with van der Waals surface area (Å²) in [6.45, 7) is 6.97. The van der Waals surface area contributed by atoms with Crippen molar-refractivity contribution in [1.29, 1.82) is 0 Å². The second-order valence-corrected chi connectivity index (χ2v) is 5.46. The molecule has 0 radical (unpaired) electrons. The van der Waals surface area contributed by atoms with E-state index in [1.807, 2.05) is 7.11 Å². The minimum absolute atomic E-state index is 0.361. The third kappa shape index (κ3) is 2.99. The quantitative estimate of drug-likeness (QED) is 0.788. The Balaban J connectivity index is 1.94. The van der Waals surface area contributed by atoms with Crippen molar-refractivity contribution in [3.8, 4) is 0 Å². The maximum absolute atomic E-state index is 5.97. The van der Waals surface area contributed by atoms with Crippen molar-refractivity contribution in [3.63, 3.8) is 0 Å². The summed E-state index contributed by atoms with van der Waals surface area (Å²) in [5.74, 6) is 1.28. The molecule has 2 rings (SSSR count). The van der Waals surface area contributed by atoms with Crippen LogP contribution in [0.1, 0.15) is 19.8 Å². The third-order valence-corrected chi connectivity index (χ3v) is 4.44. The summed E-state index contributed by atoms with van der Waals surface area (Å²) >= 11 is 0. The largest absolute Gasteiger partial charge is 0.381 e. The minimum Gasteiger partial charge on any atom is -0.381 e. The predicted octanol–water partition coefficient (Wildman–Crippen LogP) is 0.707. The number of nitrogens with zero attached hydrogens (tertiary/aromatic N) is 1. The first-order valence-electron chi connectivity index (χ1n) is 6.81. The lowest BCUT2D eigenvalue weighted by Gasteiger charge is -2.42. The normalized spacial score (nSPS) is 37.2. The molecule has 0 bridgehead atoms. The van der Waals surface area contributed by atoms with Crippen LogP contribution in [-0.4, -0.2) is 57.0 Å². The number of hydrogen-bond acceptors (Lipinski definition) is 4. The summed E-state index contributed by atoms with van der Waals surface area (Å²) in [6, 6.07) is 0.475. The smallest absolute Gasteiger partial charge is 0.0724 e. The molecule has 4 unspecified atom stereocenters. The van der Waals surface area contributed by atoms with Gasteiger partial charge in [0.1, 0.15) is 0 Å². The molecule has 2 aliphatic heterocycles. The van der Waals surface area contributed by atoms with Crippen LogP contribution in [-0.2, 0) is 9.47 Å². The van der Waals surface area contributed by atoms with E-state index < -0.39 is 0 Å². The molecule has 0 amide bonds. The van der Waals surface area contributed by atoms with Crippen molar-refractivity contribution in [1.82, 2.24) is 4.90 Å². The van der Waals surface area contributed by atoms with E-state index in [2.05, 4.69) is 11.8 Å². The van der Waals surface area contributed by atoms with Crippen LogP contribution >= 0.6 is 0 Å². The molecule has 0 aromatic carbocycles. The van der Waals surface area contributed by atoms with Crippen molar-refractivity contribution in [2.45, 2.75) is 31.9 Å². The van der Waals surface area contributed by atoms with Gasteiger partial charge in [0.05, 0.1) is 12.7 Å². The topological polar surface area (TPSA) is 47.7 Å². The lowest BCUT2D eigenvalue weighted by atomic mass is 9.91. The van der Waals surface area contributed by atoms with E-state index in [0.29, 0.717) is 24.0 Å². The molecule has 0 aromatic rings. The fraction of sp³-hybridized carbons (Fsp3) is 1.00. The van der Waals surface area contributed by atoms with Crippen LogP contribution in [0.25, 0.3) is 0 Å². The van der Waals surface area contributed by atoms with E-state index in [1.54, 1.807) is 0 Å². The molecule has 2 saturated heterocycles. The number of rotatable bonds is 4. The van der Waals surface area contributed by atoms with E-state index in [0.717, 1.165) is 39.3 Å². The second kappa shape index (κ2) is 6.14. The molecule has 0 spiro atoms. The van der Waals surface area contributed by atoms with Crippen LogP contribution in [0.5, 0.6) is 0 Å². The van der Waals surface area contributed by atoms with Crippen molar-refractivity contribution in [2.24, 2.45) is 17.6 Å². The van der Waals surface area contributed by atoms with Gasteiger partial charge in [-0.2, -0.15) is 0 Å². The summed E-state index contributed by atoms with van der Waals surface area (Å²) in [4.78, 5) is 2.52. The summed E-state index contributed by atoms with van der Waals surface area (Å²) < 4.78 is 11.1. The van der Waals surface area contributed by atoms with Gasteiger partial charge in [0.25, 0.3) is 0 Å². The molecule has 2 N–H and O–H groups in total. The van der Waals surface area contributed by atoms with Crippen molar-refractivity contribution in [3.05, 3.63) is 0 Å². The number of likely N-dealkylation sites (tertiary alicyclic amines) is 1. The third-order valence-electron chi connectivity index (χ3n) is 4.44. The van der Waals surface area contributed by atoms with Gasteiger partial charge in [-0.05, 0) is 25.3 Å². The van der Waals surface area contributed by atoms with E-state index in [9.17, 15) is 0 Å². The highest BCUT2D eigenvalue weighted by atomic mass is 16.5. The molecular weight excluding hydrogens is 216 g/mol. The lowest BCUT2D eigenvalue weighted by molar-refractivity contribution is -0.0271. The van der Waals surface area contributed by atoms with Gasteiger partial charge < -0.3 is 15.2 Å². The van der Waals surface area contributed by atoms with Gasteiger partial charge in [0.2, 0.25) is 0 Å². The molecule has 2 heterocycles. The van der Waals surface area contributed by atoms with E-state index in [1.165, 1.54) is 6.42 Å². The van der Waals surface area contributed by atoms with Crippen LogP contribution < -0.4 is 5.73 Å². The van der Waals surface area contributed by atoms with Gasteiger partial charge >= 0.3 is 0 Å². The summed E-state index contributed by atoms with van der Waals surface area (Å²) in [7, 11) is 1.82. The molecule has 0 aliphatic carbocycles. The number of nitrogens with two attached hydrogens (primary N) is 1. The molecule has 2 fully saturated rings. The molecule has 17 heavy (non-hydrogen) atoms. The Morgan fingerprint density at radius 2 is 2.29 bits per heavy atom. The molecular formula is C13H26N2O2. The number of ether oxygens (including phenoxy) is 2. The average molecular weight is 242 g/mol. The second-order valence-electron chi connectivity index (χ2n) is 5.46. The Morgan fingerprint density at radius 1 is 1.47 bits per heavy atom. The first-order chi connectivity index (χ1) is 8.26. The molecule has 100 valence electrons. The zero-order valence-corrected chi connectivity index (χ0v) is 11.1. The fourth-order valence-corrected chi connectivity index (χ4v) is 3.16. The standard InChI is InChI=1S/C13H26N2O2/c1-10-3-5-15(8-13(10)16-2)12(7-14)11-4-6-17-9-11/h10-13H,3-9,14H2,1-2H3. The number of methoxy groups -OCH3 is 1. The van der Waals surface area contributed by atoms with Crippen LogP contribution in [0, 0.1) is 11.8 Å². The zero-order valence-electron chi connectivity index (χ0n) is 11.1. The van der Waals surface area contributed by atoms with E-state index in [-0.39, 0.29) is 0 Å². The lowest BCUT2D eigenvalue weighted by Crippen LogP contribution is -2.53. The van der Waals surface area contributed by atoms with Gasteiger partial charge in [0.15, 0.2) is 0 Å². The Hall–Kier alpha value is -0.160. The number of piperidine rings is 1. The van der Waals surface area contributed by atoms with Crippen molar-refractivity contribution in [2.75, 3.05) is 40.0 Å². The predicted molar refractivity (Wildman–Crippen MR) is 67.9 cm³/mol. The fourth-order valence-electron chi connectivity index (χ4n) is 3.16. The SMILES string of the molecule is COC1CN(C(CN)C2CCOC2)CCC1C. The average Bonchev–Trinajstić information content (AvgIpc) is 2.86. The highest BCUT2D eigenvalue weighted by Gasteiger charge is 2.34. The maximum Gasteiger partial charge on any atom is 0.0724 e. The van der Waals surface area contributed by atoms with Crippen molar-refractivity contribution < 1.29 is 9.47 Å². The molecule has 4 atom stereocenters. The van der Waals surface area contributed by atoms with Gasteiger partial charge in [-0.25, -0.2) is 0 Å². The van der Waals surface area contributed by atoms with Crippen LogP contribution in [0.15, 0.2) is 0 Å². The molecule has 4 nitrogen and oxygen atoms in total. The first-order valence-corrected chi connectivity index (χ1v) is 6.81. The van der Waals surface area contributed by atoms with Gasteiger partial charge in [0, 0.05) is 38.8 Å². The highest BCUT2D eigenvalue weighted by Crippen LogP contribution is 2.26. The van der Waals surface area contributed by atoms with E-state index >= 15 is 0 Å². The first kappa shape index (κ1) is 13.3. The maximum atomic E-state index is 5.97. The summed E-state index contributed by atoms with van der Waals surface area (Å²) in [5, 5.41) is 0. The molecule has 4 heteroatoms. The summed E-state index contributed by atoms with van der Waals surface area (Å²) in [5.41, 5.74) is 5.97. The summed E-state index contributed by atoms with van der Waals surface area (Å²) in [6.07, 6.45) is 2.73. The zero-order chi connectivity index (χ0) is 12.3. The Bertz CT molecular complexity index is 231. The Labute approximate surface area is 104 Å². The van der Waals surface area contributed by atoms with Crippen LogP contribution in [0.3, 0.4) is 0 Å². The van der Waals surface area contributed by atoms with Gasteiger partial charge in [-0.1, -0.05) is 6.92 Å². The highest BCUT2D eigenvalue weighted by molar-refractivity contribution is 4.88. The Kier molecular flexibility index (Phi) is 4.79. The number of hydrogen-bond donors (Lipinski definition) is 1. The minimum atomic E-state index is 0.361. The molecule has 0 aromatic heterocycles. The van der Waals surface area contributed by atoms with Crippen LogP contribution in [0.4, 0.5) is 0 Å². The van der Waals surface area contributed by atoms with Crippen LogP contribution in [0.2, 0.25) is 0 Å². The van der Waals surface area contributed by atoms with Gasteiger partial charge in [-0.15, -0.1) is 0 Å².